The lowest BCUT2D eigenvalue weighted by Crippen LogP contribution is -2.11. The highest BCUT2D eigenvalue weighted by Crippen LogP contribution is 2.16. The van der Waals surface area contributed by atoms with Gasteiger partial charge in [-0.1, -0.05) is 0 Å². The van der Waals surface area contributed by atoms with Crippen LogP contribution in [0.2, 0.25) is 0 Å². The van der Waals surface area contributed by atoms with Crippen molar-refractivity contribution in [3.8, 4) is 0 Å². The first kappa shape index (κ1) is 11.4. The number of alkyl halides is 2. The van der Waals surface area contributed by atoms with Crippen molar-refractivity contribution in [2.24, 2.45) is 0 Å². The molecule has 1 aromatic carbocycles. The van der Waals surface area contributed by atoms with Crippen LogP contribution in [0.15, 0.2) is 18.2 Å². The Hall–Kier alpha value is -1.65. The topological polar surface area (TPSA) is 49.3 Å². The minimum Gasteiger partial charge on any atom is -0.478 e. The third-order valence-electron chi connectivity index (χ3n) is 1.92. The van der Waals surface area contributed by atoms with Crippen LogP contribution in [0.3, 0.4) is 0 Å². The highest BCUT2D eigenvalue weighted by Gasteiger charge is 2.07. The maximum absolute atomic E-state index is 11.9. The number of carbonyl (C=O) groups is 1. The maximum atomic E-state index is 11.9. The molecule has 0 saturated heterocycles. The average Bonchev–Trinajstić information content (AvgIpc) is 2.15. The van der Waals surface area contributed by atoms with Gasteiger partial charge in [0.2, 0.25) is 0 Å². The molecule has 1 aromatic rings. The zero-order valence-electron chi connectivity index (χ0n) is 8.13. The minimum atomic E-state index is -2.43. The number of hydrogen-bond donors (Lipinski definition) is 2. The maximum Gasteiger partial charge on any atom is 0.335 e. The van der Waals surface area contributed by atoms with E-state index >= 15 is 0 Å². The first-order valence-electron chi connectivity index (χ1n) is 4.36. The van der Waals surface area contributed by atoms with Gasteiger partial charge < -0.3 is 10.4 Å². The summed E-state index contributed by atoms with van der Waals surface area (Å²) in [6.07, 6.45) is -2.43. The van der Waals surface area contributed by atoms with Crippen LogP contribution in [0.4, 0.5) is 14.5 Å². The van der Waals surface area contributed by atoms with Gasteiger partial charge in [-0.3, -0.25) is 0 Å². The number of carboxylic acid groups (broad SMARTS) is 1. The van der Waals surface area contributed by atoms with E-state index in [9.17, 15) is 13.6 Å². The molecule has 0 saturated carbocycles. The molecule has 0 aromatic heterocycles. The normalized spacial score (nSPS) is 10.4. The third-order valence-corrected chi connectivity index (χ3v) is 1.92. The molecule has 0 radical (unpaired) electrons. The summed E-state index contributed by atoms with van der Waals surface area (Å²) in [6.45, 7) is 1.23. The fourth-order valence-electron chi connectivity index (χ4n) is 1.18. The van der Waals surface area contributed by atoms with Crippen molar-refractivity contribution in [3.05, 3.63) is 29.3 Å². The van der Waals surface area contributed by atoms with Gasteiger partial charge in [0.05, 0.1) is 12.1 Å². The van der Waals surface area contributed by atoms with Crippen LogP contribution in [0.25, 0.3) is 0 Å². The molecule has 2 N–H and O–H groups in total. The second-order valence-corrected chi connectivity index (χ2v) is 3.11. The molecule has 0 amide bonds. The van der Waals surface area contributed by atoms with Crippen molar-refractivity contribution in [1.82, 2.24) is 0 Å². The summed E-state index contributed by atoms with van der Waals surface area (Å²) in [6, 6.07) is 4.31. The summed E-state index contributed by atoms with van der Waals surface area (Å²) < 4.78 is 23.8. The van der Waals surface area contributed by atoms with Crippen molar-refractivity contribution in [2.75, 3.05) is 11.9 Å². The number of rotatable bonds is 4. The molecule has 0 fully saturated rings. The predicted octanol–water partition coefficient (Wildman–Crippen LogP) is 2.37. The van der Waals surface area contributed by atoms with Crippen molar-refractivity contribution < 1.29 is 18.7 Å². The van der Waals surface area contributed by atoms with Crippen LogP contribution in [0.5, 0.6) is 0 Å². The summed E-state index contributed by atoms with van der Waals surface area (Å²) in [5.41, 5.74) is 1.31. The molecule has 0 spiro atoms. The van der Waals surface area contributed by atoms with Gasteiger partial charge in [-0.05, 0) is 30.7 Å². The van der Waals surface area contributed by atoms with E-state index < -0.39 is 18.9 Å². The van der Waals surface area contributed by atoms with Crippen LogP contribution in [-0.2, 0) is 0 Å². The van der Waals surface area contributed by atoms with Gasteiger partial charge in [0, 0.05) is 5.69 Å². The molecule has 0 aliphatic heterocycles. The fourth-order valence-corrected chi connectivity index (χ4v) is 1.18. The Morgan fingerprint density at radius 1 is 1.53 bits per heavy atom. The van der Waals surface area contributed by atoms with Crippen LogP contribution in [0.1, 0.15) is 15.9 Å². The Balaban J connectivity index is 2.79. The molecular formula is C10H11F2NO2. The summed E-state index contributed by atoms with van der Waals surface area (Å²) in [5, 5.41) is 11.2. The number of benzene rings is 1. The third kappa shape index (κ3) is 3.19. The van der Waals surface area contributed by atoms with Crippen LogP contribution >= 0.6 is 0 Å². The number of halogens is 2. The average molecular weight is 215 g/mol. The standard InChI is InChI=1S/C10H11F2NO2/c1-6-4-7(10(14)15)2-3-8(6)13-5-9(11)12/h2-4,9,13H,5H2,1H3,(H,14,15). The van der Waals surface area contributed by atoms with Crippen molar-refractivity contribution in [1.29, 1.82) is 0 Å². The zero-order chi connectivity index (χ0) is 11.4. The molecule has 5 heteroatoms. The van der Waals surface area contributed by atoms with Crippen LogP contribution in [-0.4, -0.2) is 24.0 Å². The largest absolute Gasteiger partial charge is 0.478 e. The van der Waals surface area contributed by atoms with E-state index in [4.69, 9.17) is 5.11 Å². The molecule has 0 heterocycles. The van der Waals surface area contributed by atoms with Gasteiger partial charge in [0.15, 0.2) is 0 Å². The highest BCUT2D eigenvalue weighted by atomic mass is 19.3. The van der Waals surface area contributed by atoms with Crippen molar-refractivity contribution in [2.45, 2.75) is 13.3 Å². The Morgan fingerprint density at radius 3 is 2.67 bits per heavy atom. The highest BCUT2D eigenvalue weighted by molar-refractivity contribution is 5.88. The number of hydrogen-bond acceptors (Lipinski definition) is 2. The van der Waals surface area contributed by atoms with Gasteiger partial charge >= 0.3 is 5.97 Å². The lowest BCUT2D eigenvalue weighted by molar-refractivity contribution is 0.0696. The smallest absolute Gasteiger partial charge is 0.335 e. The number of nitrogens with one attached hydrogen (secondary N) is 1. The predicted molar refractivity (Wildman–Crippen MR) is 52.6 cm³/mol. The van der Waals surface area contributed by atoms with E-state index in [1.54, 1.807) is 6.92 Å². The molecule has 15 heavy (non-hydrogen) atoms. The monoisotopic (exact) mass is 215 g/mol. The lowest BCUT2D eigenvalue weighted by Gasteiger charge is -2.09. The van der Waals surface area contributed by atoms with E-state index in [0.29, 0.717) is 11.3 Å². The Bertz CT molecular complexity index is 366. The van der Waals surface area contributed by atoms with Crippen molar-refractivity contribution >= 4 is 11.7 Å². The molecule has 0 unspecified atom stereocenters. The lowest BCUT2D eigenvalue weighted by atomic mass is 10.1. The van der Waals surface area contributed by atoms with E-state index in [1.165, 1.54) is 18.2 Å². The zero-order valence-corrected chi connectivity index (χ0v) is 8.13. The SMILES string of the molecule is Cc1cc(C(=O)O)ccc1NCC(F)F. The Labute approximate surface area is 85.7 Å². The molecule has 1 rings (SSSR count). The molecule has 0 atom stereocenters. The summed E-state index contributed by atoms with van der Waals surface area (Å²) in [5.74, 6) is -1.03. The van der Waals surface area contributed by atoms with Crippen molar-refractivity contribution in [3.63, 3.8) is 0 Å². The molecular weight excluding hydrogens is 204 g/mol. The summed E-state index contributed by atoms with van der Waals surface area (Å²) in [4.78, 5) is 10.6. The first-order chi connectivity index (χ1) is 7.00. The van der Waals surface area contributed by atoms with Crippen LogP contribution in [0, 0.1) is 6.92 Å². The second kappa shape index (κ2) is 4.72. The van der Waals surface area contributed by atoms with Gasteiger partial charge in [-0.2, -0.15) is 0 Å². The number of aryl methyl sites for hydroxylation is 1. The molecule has 82 valence electrons. The van der Waals surface area contributed by atoms with Gasteiger partial charge in [0.1, 0.15) is 0 Å². The first-order valence-corrected chi connectivity index (χ1v) is 4.36. The number of aromatic carboxylic acids is 1. The van der Waals surface area contributed by atoms with E-state index in [0.717, 1.165) is 0 Å². The van der Waals surface area contributed by atoms with Gasteiger partial charge in [-0.25, -0.2) is 13.6 Å². The van der Waals surface area contributed by atoms with Crippen LogP contribution < -0.4 is 5.32 Å². The summed E-state index contributed by atoms with van der Waals surface area (Å²) in [7, 11) is 0. The molecule has 0 aliphatic carbocycles. The molecule has 3 nitrogen and oxygen atoms in total. The van der Waals surface area contributed by atoms with Gasteiger partial charge in [-0.15, -0.1) is 0 Å². The quantitative estimate of drug-likeness (QED) is 0.810. The summed E-state index contributed by atoms with van der Waals surface area (Å²) >= 11 is 0. The number of anilines is 1. The number of carboxylic acids is 1. The molecule has 0 aliphatic rings. The van der Waals surface area contributed by atoms with E-state index in [2.05, 4.69) is 5.32 Å². The van der Waals surface area contributed by atoms with E-state index in [1.807, 2.05) is 0 Å². The van der Waals surface area contributed by atoms with E-state index in [-0.39, 0.29) is 5.56 Å². The Kier molecular flexibility index (Phi) is 3.60. The second-order valence-electron chi connectivity index (χ2n) is 3.11. The minimum absolute atomic E-state index is 0.148. The molecule has 0 bridgehead atoms. The van der Waals surface area contributed by atoms with Gasteiger partial charge in [0.25, 0.3) is 6.43 Å². The Morgan fingerprint density at radius 2 is 2.20 bits per heavy atom. The fraction of sp³-hybridized carbons (Fsp3) is 0.300.